The molecule has 0 radical (unpaired) electrons. The average Bonchev–Trinajstić information content (AvgIpc) is 3.10. The second-order valence-corrected chi connectivity index (χ2v) is 7.97. The summed E-state index contributed by atoms with van der Waals surface area (Å²) in [6, 6.07) is 5.98. The van der Waals surface area contributed by atoms with Crippen LogP contribution in [0.3, 0.4) is 0 Å². The molecule has 0 spiro atoms. The molecule has 1 unspecified atom stereocenters. The van der Waals surface area contributed by atoms with Gasteiger partial charge in [-0.15, -0.1) is 11.3 Å². The lowest BCUT2D eigenvalue weighted by atomic mass is 9.89. The van der Waals surface area contributed by atoms with Crippen LogP contribution in [0.15, 0.2) is 24.3 Å². The van der Waals surface area contributed by atoms with E-state index in [2.05, 4.69) is 5.32 Å². The average molecular weight is 390 g/mol. The van der Waals surface area contributed by atoms with Crippen molar-refractivity contribution in [2.75, 3.05) is 6.54 Å². The summed E-state index contributed by atoms with van der Waals surface area (Å²) in [5, 5.41) is 14.3. The van der Waals surface area contributed by atoms with Crippen molar-refractivity contribution in [2.24, 2.45) is 5.92 Å². The van der Waals surface area contributed by atoms with Crippen LogP contribution in [-0.2, 0) is 9.53 Å². The highest BCUT2D eigenvalue weighted by molar-refractivity contribution is 7.20. The maximum Gasteiger partial charge on any atom is 0.349 e. The van der Waals surface area contributed by atoms with E-state index in [1.807, 2.05) is 0 Å². The molecule has 1 heterocycles. The Morgan fingerprint density at radius 3 is 2.74 bits per heavy atom. The zero-order valence-electron chi connectivity index (χ0n) is 15.1. The van der Waals surface area contributed by atoms with E-state index in [1.165, 1.54) is 42.7 Å². The number of thiophene rings is 1. The molecule has 1 amide bonds. The van der Waals surface area contributed by atoms with Crippen molar-refractivity contribution in [3.05, 3.63) is 39.3 Å². The maximum absolute atomic E-state index is 12.3. The van der Waals surface area contributed by atoms with Crippen molar-refractivity contribution < 1.29 is 19.2 Å². The number of fused-ring (bicyclic) bond motifs is 1. The van der Waals surface area contributed by atoms with Crippen LogP contribution in [0, 0.1) is 16.0 Å². The summed E-state index contributed by atoms with van der Waals surface area (Å²) in [7, 11) is 0. The first kappa shape index (κ1) is 19.3. The van der Waals surface area contributed by atoms with Gasteiger partial charge in [0.1, 0.15) is 4.88 Å². The minimum atomic E-state index is -0.888. The van der Waals surface area contributed by atoms with Crippen LogP contribution < -0.4 is 5.32 Å². The number of amides is 1. The minimum absolute atomic E-state index is 0.0318. The Morgan fingerprint density at radius 1 is 1.30 bits per heavy atom. The van der Waals surface area contributed by atoms with Crippen LogP contribution >= 0.6 is 11.3 Å². The number of carbonyl (C=O) groups excluding carboxylic acids is 2. The fraction of sp³-hybridized carbons (Fsp3) is 0.474. The van der Waals surface area contributed by atoms with Crippen molar-refractivity contribution in [1.82, 2.24) is 5.32 Å². The van der Waals surface area contributed by atoms with Gasteiger partial charge >= 0.3 is 5.97 Å². The number of hydrogen-bond donors (Lipinski definition) is 1. The van der Waals surface area contributed by atoms with Crippen molar-refractivity contribution in [2.45, 2.75) is 45.1 Å². The molecule has 1 aliphatic carbocycles. The quantitative estimate of drug-likeness (QED) is 0.456. The Hall–Kier alpha value is -2.48. The standard InChI is InChI=1S/C19H22N2O5S/c1-12(18(22)20-11-13-5-3-2-4-6-13)26-19(23)17-10-14-9-15(21(24)25)7-8-16(14)27-17/h7-10,12-13H,2-6,11H2,1H3,(H,20,22). The summed E-state index contributed by atoms with van der Waals surface area (Å²) >= 11 is 1.19. The van der Waals surface area contributed by atoms with Gasteiger partial charge in [0, 0.05) is 28.8 Å². The number of hydrogen-bond acceptors (Lipinski definition) is 6. The Labute approximate surface area is 160 Å². The first-order valence-corrected chi connectivity index (χ1v) is 9.92. The van der Waals surface area contributed by atoms with Crippen LogP contribution in [0.2, 0.25) is 0 Å². The van der Waals surface area contributed by atoms with Gasteiger partial charge in [0.2, 0.25) is 0 Å². The number of nitrogens with one attached hydrogen (secondary N) is 1. The number of benzene rings is 1. The number of nitro groups is 1. The van der Waals surface area contributed by atoms with Crippen molar-refractivity contribution in [3.63, 3.8) is 0 Å². The summed E-state index contributed by atoms with van der Waals surface area (Å²) in [5.41, 5.74) is -0.0318. The van der Waals surface area contributed by atoms with Crippen LogP contribution in [-0.4, -0.2) is 29.4 Å². The Balaban J connectivity index is 1.57. The van der Waals surface area contributed by atoms with E-state index in [0.29, 0.717) is 22.7 Å². The normalized spacial score (nSPS) is 16.0. The van der Waals surface area contributed by atoms with Gasteiger partial charge in [0.25, 0.3) is 11.6 Å². The summed E-state index contributed by atoms with van der Waals surface area (Å²) in [6.07, 6.45) is 5.03. The van der Waals surface area contributed by atoms with E-state index < -0.39 is 17.0 Å². The summed E-state index contributed by atoms with van der Waals surface area (Å²) in [5.74, 6) is -0.395. The number of non-ortho nitro benzene ring substituents is 1. The number of ether oxygens (including phenoxy) is 1. The predicted molar refractivity (Wildman–Crippen MR) is 103 cm³/mol. The predicted octanol–water partition coefficient (Wildman–Crippen LogP) is 4.05. The van der Waals surface area contributed by atoms with Gasteiger partial charge in [-0.1, -0.05) is 19.3 Å². The highest BCUT2D eigenvalue weighted by atomic mass is 32.1. The molecule has 0 bridgehead atoms. The fourth-order valence-corrected chi connectivity index (χ4v) is 4.22. The second kappa shape index (κ2) is 8.47. The van der Waals surface area contributed by atoms with Crippen LogP contribution in [0.4, 0.5) is 5.69 Å². The lowest BCUT2D eigenvalue weighted by molar-refractivity contribution is -0.384. The number of esters is 1. The lowest BCUT2D eigenvalue weighted by Crippen LogP contribution is -2.38. The smallest absolute Gasteiger partial charge is 0.349 e. The molecule has 8 heteroatoms. The zero-order chi connectivity index (χ0) is 19.4. The first-order valence-electron chi connectivity index (χ1n) is 9.10. The summed E-state index contributed by atoms with van der Waals surface area (Å²) < 4.78 is 6.02. The molecule has 1 aromatic heterocycles. The summed E-state index contributed by atoms with van der Waals surface area (Å²) in [4.78, 5) is 35.2. The highest BCUT2D eigenvalue weighted by Crippen LogP contribution is 2.29. The molecule has 144 valence electrons. The first-order chi connectivity index (χ1) is 12.9. The van der Waals surface area contributed by atoms with E-state index in [9.17, 15) is 19.7 Å². The SMILES string of the molecule is CC(OC(=O)c1cc2cc([N+](=O)[O-])ccc2s1)C(=O)NCC1CCCCC1. The lowest BCUT2D eigenvalue weighted by Gasteiger charge is -2.22. The van der Waals surface area contributed by atoms with E-state index in [0.717, 1.165) is 17.5 Å². The van der Waals surface area contributed by atoms with Gasteiger partial charge in [-0.25, -0.2) is 4.79 Å². The van der Waals surface area contributed by atoms with Crippen LogP contribution in [0.25, 0.3) is 10.1 Å². The van der Waals surface area contributed by atoms with Crippen LogP contribution in [0.1, 0.15) is 48.7 Å². The third-order valence-electron chi connectivity index (χ3n) is 4.85. The zero-order valence-corrected chi connectivity index (χ0v) is 15.9. The molecule has 0 aliphatic heterocycles. The van der Waals surface area contributed by atoms with Gasteiger partial charge in [-0.3, -0.25) is 14.9 Å². The fourth-order valence-electron chi connectivity index (χ4n) is 3.30. The molecule has 1 aliphatic rings. The number of nitro benzene ring substituents is 1. The van der Waals surface area contributed by atoms with Crippen molar-refractivity contribution in [1.29, 1.82) is 0 Å². The number of nitrogens with zero attached hydrogens (tertiary/aromatic N) is 1. The molecule has 3 rings (SSSR count). The number of rotatable bonds is 6. The summed E-state index contributed by atoms with van der Waals surface area (Å²) in [6.45, 7) is 2.17. The second-order valence-electron chi connectivity index (χ2n) is 6.89. The Kier molecular flexibility index (Phi) is 6.05. The molecule has 0 saturated heterocycles. The molecular weight excluding hydrogens is 368 g/mol. The Morgan fingerprint density at radius 2 is 2.04 bits per heavy atom. The third-order valence-corrected chi connectivity index (χ3v) is 5.95. The van der Waals surface area contributed by atoms with E-state index in [4.69, 9.17) is 4.74 Å². The van der Waals surface area contributed by atoms with E-state index >= 15 is 0 Å². The molecule has 7 nitrogen and oxygen atoms in total. The molecule has 2 aromatic rings. The Bertz CT molecular complexity index is 857. The van der Waals surface area contributed by atoms with Gasteiger partial charge in [-0.2, -0.15) is 0 Å². The highest BCUT2D eigenvalue weighted by Gasteiger charge is 2.22. The van der Waals surface area contributed by atoms with Gasteiger partial charge < -0.3 is 10.1 Å². The van der Waals surface area contributed by atoms with Gasteiger partial charge in [-0.05, 0) is 37.8 Å². The monoisotopic (exact) mass is 390 g/mol. The van der Waals surface area contributed by atoms with Crippen molar-refractivity contribution in [3.8, 4) is 0 Å². The molecule has 1 atom stereocenters. The van der Waals surface area contributed by atoms with E-state index in [1.54, 1.807) is 19.1 Å². The van der Waals surface area contributed by atoms with Gasteiger partial charge in [0.05, 0.1) is 4.92 Å². The molecule has 1 N–H and O–H groups in total. The molecule has 27 heavy (non-hydrogen) atoms. The van der Waals surface area contributed by atoms with E-state index in [-0.39, 0.29) is 11.6 Å². The van der Waals surface area contributed by atoms with Crippen molar-refractivity contribution >= 4 is 39.0 Å². The molecular formula is C19H22N2O5S. The van der Waals surface area contributed by atoms with Gasteiger partial charge in [0.15, 0.2) is 6.10 Å². The number of carbonyl (C=O) groups is 2. The maximum atomic E-state index is 12.3. The topological polar surface area (TPSA) is 98.5 Å². The molecule has 1 aromatic carbocycles. The minimum Gasteiger partial charge on any atom is -0.448 e. The molecule has 1 fully saturated rings. The largest absolute Gasteiger partial charge is 0.448 e. The van der Waals surface area contributed by atoms with Crippen LogP contribution in [0.5, 0.6) is 0 Å². The molecule has 1 saturated carbocycles. The third kappa shape index (κ3) is 4.82.